The number of aromatic nitrogens is 1. The molecule has 1 aliphatic rings. The van der Waals surface area contributed by atoms with Crippen molar-refractivity contribution in [3.63, 3.8) is 0 Å². The average Bonchev–Trinajstić information content (AvgIpc) is 2.99. The summed E-state index contributed by atoms with van der Waals surface area (Å²) in [5, 5.41) is 10.00. The molecule has 0 radical (unpaired) electrons. The fraction of sp³-hybridized carbons (Fsp3) is 0.714. The van der Waals surface area contributed by atoms with E-state index in [-0.39, 0.29) is 6.10 Å². The van der Waals surface area contributed by atoms with Gasteiger partial charge >= 0.3 is 0 Å². The normalized spacial score (nSPS) is 19.7. The monoisotopic (exact) mass is 221 g/mol. The van der Waals surface area contributed by atoms with Gasteiger partial charge in [0.15, 0.2) is 0 Å². The van der Waals surface area contributed by atoms with E-state index in [9.17, 15) is 5.11 Å². The summed E-state index contributed by atoms with van der Waals surface area (Å²) in [5.41, 5.74) is 1.10. The predicted octanol–water partition coefficient (Wildman–Crippen LogP) is 3.37. The second kappa shape index (κ2) is 5.05. The van der Waals surface area contributed by atoms with Crippen LogP contribution in [0.4, 0.5) is 0 Å². The summed E-state index contributed by atoms with van der Waals surface area (Å²) in [5.74, 6) is 1.26. The Morgan fingerprint density at radius 2 is 2.25 bits per heavy atom. The molecule has 2 rings (SSSR count). The van der Waals surface area contributed by atoms with Crippen molar-refractivity contribution in [1.29, 1.82) is 0 Å². The minimum atomic E-state index is -0.220. The Balaban J connectivity index is 1.91. The molecule has 16 heavy (non-hydrogen) atoms. The van der Waals surface area contributed by atoms with Crippen LogP contribution in [-0.2, 0) is 6.54 Å². The highest BCUT2D eigenvalue weighted by molar-refractivity contribution is 5.16. The molecule has 90 valence electrons. The van der Waals surface area contributed by atoms with E-state index in [1.807, 2.05) is 0 Å². The number of aliphatic hydroxyl groups excluding tert-OH is 1. The van der Waals surface area contributed by atoms with E-state index < -0.39 is 0 Å². The lowest BCUT2D eigenvalue weighted by Crippen LogP contribution is -2.05. The Kier molecular flexibility index (Phi) is 3.70. The highest BCUT2D eigenvalue weighted by Crippen LogP contribution is 2.40. The maximum Gasteiger partial charge on any atom is 0.0832 e. The smallest absolute Gasteiger partial charge is 0.0832 e. The molecule has 1 aliphatic carbocycles. The summed E-state index contributed by atoms with van der Waals surface area (Å²) in [6, 6.07) is 2.07. The molecule has 0 aromatic carbocycles. The first kappa shape index (κ1) is 11.7. The molecule has 0 bridgehead atoms. The average molecular weight is 221 g/mol. The van der Waals surface area contributed by atoms with Crippen LogP contribution in [0.3, 0.4) is 0 Å². The van der Waals surface area contributed by atoms with Gasteiger partial charge in [-0.1, -0.05) is 20.3 Å². The summed E-state index contributed by atoms with van der Waals surface area (Å²) in [4.78, 5) is 0. The Morgan fingerprint density at radius 1 is 1.50 bits per heavy atom. The molecule has 0 aliphatic heterocycles. The number of hydrogen-bond donors (Lipinski definition) is 1. The Bertz CT molecular complexity index is 327. The fourth-order valence-corrected chi connectivity index (χ4v) is 2.38. The minimum absolute atomic E-state index is 0.220. The van der Waals surface area contributed by atoms with E-state index in [1.54, 1.807) is 0 Å². The number of hydrogen-bond acceptors (Lipinski definition) is 1. The number of rotatable bonds is 6. The topological polar surface area (TPSA) is 25.2 Å². The van der Waals surface area contributed by atoms with Crippen LogP contribution in [0.1, 0.15) is 51.2 Å². The van der Waals surface area contributed by atoms with Crippen molar-refractivity contribution in [2.24, 2.45) is 11.8 Å². The van der Waals surface area contributed by atoms with Crippen molar-refractivity contribution in [3.05, 3.63) is 24.0 Å². The highest BCUT2D eigenvalue weighted by Gasteiger charge is 2.31. The fourth-order valence-electron chi connectivity index (χ4n) is 2.38. The van der Waals surface area contributed by atoms with E-state index in [2.05, 4.69) is 36.9 Å². The first-order valence-electron chi connectivity index (χ1n) is 6.54. The molecular formula is C14H23NO. The Hall–Kier alpha value is -0.760. The van der Waals surface area contributed by atoms with E-state index in [1.165, 1.54) is 25.7 Å². The zero-order valence-corrected chi connectivity index (χ0v) is 10.4. The molecule has 0 spiro atoms. The van der Waals surface area contributed by atoms with Gasteiger partial charge in [-0.3, -0.25) is 0 Å². The third kappa shape index (κ3) is 2.88. The van der Waals surface area contributed by atoms with Crippen molar-refractivity contribution in [1.82, 2.24) is 4.57 Å². The molecule has 2 atom stereocenters. The molecule has 1 fully saturated rings. The maximum absolute atomic E-state index is 10.00. The van der Waals surface area contributed by atoms with Crippen LogP contribution in [0.15, 0.2) is 18.5 Å². The van der Waals surface area contributed by atoms with Crippen molar-refractivity contribution < 1.29 is 5.11 Å². The van der Waals surface area contributed by atoms with Gasteiger partial charge in [0.05, 0.1) is 6.10 Å². The second-order valence-electron chi connectivity index (χ2n) is 5.32. The molecule has 1 aromatic heterocycles. The maximum atomic E-state index is 10.00. The van der Waals surface area contributed by atoms with Crippen LogP contribution in [0.2, 0.25) is 0 Å². The Labute approximate surface area is 98.3 Å². The lowest BCUT2D eigenvalue weighted by atomic mass is 10.1. The van der Waals surface area contributed by atoms with E-state index in [0.717, 1.165) is 18.0 Å². The summed E-state index contributed by atoms with van der Waals surface area (Å²) in [6.45, 7) is 5.60. The van der Waals surface area contributed by atoms with Gasteiger partial charge in [-0.05, 0) is 42.7 Å². The SMILES string of the molecule is CCCC(C)Cn1ccc(C(O)C2CC2)c1. The molecule has 0 amide bonds. The molecule has 2 heteroatoms. The van der Waals surface area contributed by atoms with Crippen LogP contribution < -0.4 is 0 Å². The summed E-state index contributed by atoms with van der Waals surface area (Å²) in [7, 11) is 0. The molecule has 1 N–H and O–H groups in total. The standard InChI is InChI=1S/C14H23NO/c1-3-4-11(2)9-15-8-7-13(10-15)14(16)12-5-6-12/h7-8,10-12,14,16H,3-6,9H2,1-2H3. The van der Waals surface area contributed by atoms with Gasteiger partial charge in [-0.15, -0.1) is 0 Å². The minimum Gasteiger partial charge on any atom is -0.388 e. The molecule has 1 aromatic rings. The lowest BCUT2D eigenvalue weighted by molar-refractivity contribution is 0.153. The molecule has 2 unspecified atom stereocenters. The van der Waals surface area contributed by atoms with Gasteiger partial charge in [0.1, 0.15) is 0 Å². The van der Waals surface area contributed by atoms with Crippen molar-refractivity contribution in [2.75, 3.05) is 0 Å². The lowest BCUT2D eigenvalue weighted by Gasteiger charge is -2.11. The third-order valence-corrected chi connectivity index (χ3v) is 3.49. The van der Waals surface area contributed by atoms with E-state index in [0.29, 0.717) is 5.92 Å². The van der Waals surface area contributed by atoms with Crippen molar-refractivity contribution in [3.8, 4) is 0 Å². The summed E-state index contributed by atoms with van der Waals surface area (Å²) >= 11 is 0. The zero-order valence-electron chi connectivity index (χ0n) is 10.4. The van der Waals surface area contributed by atoms with Gasteiger partial charge < -0.3 is 9.67 Å². The van der Waals surface area contributed by atoms with Crippen LogP contribution in [0.5, 0.6) is 0 Å². The molecular weight excluding hydrogens is 198 g/mol. The van der Waals surface area contributed by atoms with Gasteiger partial charge in [0, 0.05) is 18.9 Å². The second-order valence-corrected chi connectivity index (χ2v) is 5.32. The van der Waals surface area contributed by atoms with E-state index in [4.69, 9.17) is 0 Å². The predicted molar refractivity (Wildman–Crippen MR) is 66.2 cm³/mol. The largest absolute Gasteiger partial charge is 0.388 e. The first-order valence-corrected chi connectivity index (χ1v) is 6.54. The van der Waals surface area contributed by atoms with Gasteiger partial charge in [0.2, 0.25) is 0 Å². The van der Waals surface area contributed by atoms with Crippen molar-refractivity contribution in [2.45, 2.75) is 52.2 Å². The van der Waals surface area contributed by atoms with Crippen LogP contribution in [0, 0.1) is 11.8 Å². The van der Waals surface area contributed by atoms with Crippen molar-refractivity contribution >= 4 is 0 Å². The summed E-state index contributed by atoms with van der Waals surface area (Å²) in [6.07, 6.45) is 8.92. The number of nitrogens with zero attached hydrogens (tertiary/aromatic N) is 1. The van der Waals surface area contributed by atoms with E-state index >= 15 is 0 Å². The highest BCUT2D eigenvalue weighted by atomic mass is 16.3. The quantitative estimate of drug-likeness (QED) is 0.783. The van der Waals surface area contributed by atoms with Gasteiger partial charge in [0.25, 0.3) is 0 Å². The van der Waals surface area contributed by atoms with Crippen LogP contribution in [-0.4, -0.2) is 9.67 Å². The first-order chi connectivity index (χ1) is 7.70. The molecule has 1 heterocycles. The number of aliphatic hydroxyl groups is 1. The molecule has 0 saturated heterocycles. The van der Waals surface area contributed by atoms with Gasteiger partial charge in [-0.25, -0.2) is 0 Å². The van der Waals surface area contributed by atoms with Crippen LogP contribution >= 0.6 is 0 Å². The van der Waals surface area contributed by atoms with Gasteiger partial charge in [-0.2, -0.15) is 0 Å². The summed E-state index contributed by atoms with van der Waals surface area (Å²) < 4.78 is 2.22. The Morgan fingerprint density at radius 3 is 2.88 bits per heavy atom. The molecule has 1 saturated carbocycles. The van der Waals surface area contributed by atoms with Crippen LogP contribution in [0.25, 0.3) is 0 Å². The third-order valence-electron chi connectivity index (χ3n) is 3.49. The zero-order chi connectivity index (χ0) is 11.5. The molecule has 2 nitrogen and oxygen atoms in total.